The normalized spacial score (nSPS) is 14.8. The van der Waals surface area contributed by atoms with Gasteiger partial charge >= 0.3 is 6.09 Å². The summed E-state index contributed by atoms with van der Waals surface area (Å²) in [6.07, 6.45) is 2.66. The number of carbonyl (C=O) groups excluding carboxylic acids is 2. The number of amides is 2. The van der Waals surface area contributed by atoms with Crippen molar-refractivity contribution >= 4 is 23.6 Å². The summed E-state index contributed by atoms with van der Waals surface area (Å²) in [5.74, 6) is -0.269. The molecule has 1 fully saturated rings. The van der Waals surface area contributed by atoms with E-state index in [1.54, 1.807) is 22.7 Å². The van der Waals surface area contributed by atoms with E-state index in [0.29, 0.717) is 44.1 Å². The first-order chi connectivity index (χ1) is 13.1. The Morgan fingerprint density at radius 1 is 1.30 bits per heavy atom. The lowest BCUT2D eigenvalue weighted by molar-refractivity contribution is 0.0856. The van der Waals surface area contributed by atoms with Gasteiger partial charge in [-0.2, -0.15) is 0 Å². The van der Waals surface area contributed by atoms with Gasteiger partial charge in [0, 0.05) is 24.2 Å². The molecule has 1 aliphatic heterocycles. The van der Waals surface area contributed by atoms with Gasteiger partial charge in [0.05, 0.1) is 19.3 Å². The molecule has 0 atom stereocenters. The summed E-state index contributed by atoms with van der Waals surface area (Å²) in [7, 11) is 0. The molecule has 2 amide bonds. The minimum Gasteiger partial charge on any atom is -0.450 e. The fourth-order valence-electron chi connectivity index (χ4n) is 2.96. The Morgan fingerprint density at radius 2 is 2.04 bits per heavy atom. The van der Waals surface area contributed by atoms with Crippen LogP contribution in [-0.2, 0) is 11.3 Å². The standard InChI is InChI=1S/C18H22ClN5O3/c1-2-27-18(26)23-9-7-14(8-10-23)20-17(25)16-12-24(22-21-16)11-13-5-3-4-6-15(13)19/h3-6,12,14H,2,7-11H2,1H3,(H,20,25). The molecule has 1 aromatic carbocycles. The molecular formula is C18H22ClN5O3. The second kappa shape index (κ2) is 8.85. The molecule has 1 aromatic heterocycles. The molecule has 0 aliphatic carbocycles. The average Bonchev–Trinajstić information content (AvgIpc) is 3.13. The van der Waals surface area contributed by atoms with Crippen LogP contribution in [0.15, 0.2) is 30.5 Å². The van der Waals surface area contributed by atoms with E-state index in [1.165, 1.54) is 0 Å². The lowest BCUT2D eigenvalue weighted by Crippen LogP contribution is -2.46. The van der Waals surface area contributed by atoms with Crippen LogP contribution in [0.5, 0.6) is 0 Å². The lowest BCUT2D eigenvalue weighted by Gasteiger charge is -2.31. The van der Waals surface area contributed by atoms with Crippen LogP contribution >= 0.6 is 11.6 Å². The van der Waals surface area contributed by atoms with E-state index in [-0.39, 0.29) is 23.7 Å². The van der Waals surface area contributed by atoms with Crippen LogP contribution in [0.2, 0.25) is 5.02 Å². The largest absolute Gasteiger partial charge is 0.450 e. The van der Waals surface area contributed by atoms with Crippen molar-refractivity contribution in [2.75, 3.05) is 19.7 Å². The molecule has 27 heavy (non-hydrogen) atoms. The number of hydrogen-bond donors (Lipinski definition) is 1. The smallest absolute Gasteiger partial charge is 0.409 e. The van der Waals surface area contributed by atoms with Gasteiger partial charge < -0.3 is 15.0 Å². The Morgan fingerprint density at radius 3 is 2.74 bits per heavy atom. The lowest BCUT2D eigenvalue weighted by atomic mass is 10.1. The number of nitrogens with zero attached hydrogens (tertiary/aromatic N) is 4. The molecule has 0 spiro atoms. The van der Waals surface area contributed by atoms with Crippen molar-refractivity contribution in [1.82, 2.24) is 25.2 Å². The summed E-state index contributed by atoms with van der Waals surface area (Å²) >= 11 is 6.15. The topological polar surface area (TPSA) is 89.4 Å². The highest BCUT2D eigenvalue weighted by Gasteiger charge is 2.25. The third-order valence-corrected chi connectivity index (χ3v) is 4.79. The Kier molecular flexibility index (Phi) is 6.28. The molecule has 2 aromatic rings. The molecule has 9 heteroatoms. The molecule has 1 saturated heterocycles. The van der Waals surface area contributed by atoms with E-state index >= 15 is 0 Å². The maximum atomic E-state index is 12.4. The second-order valence-electron chi connectivity index (χ2n) is 6.33. The van der Waals surface area contributed by atoms with Crippen molar-refractivity contribution < 1.29 is 14.3 Å². The molecule has 8 nitrogen and oxygen atoms in total. The van der Waals surface area contributed by atoms with Gasteiger partial charge in [0.15, 0.2) is 5.69 Å². The first-order valence-corrected chi connectivity index (χ1v) is 9.30. The van der Waals surface area contributed by atoms with E-state index in [0.717, 1.165) is 5.56 Å². The van der Waals surface area contributed by atoms with Crippen LogP contribution in [0.25, 0.3) is 0 Å². The Balaban J connectivity index is 1.52. The molecule has 2 heterocycles. The molecule has 0 unspecified atom stereocenters. The van der Waals surface area contributed by atoms with E-state index in [1.807, 2.05) is 24.3 Å². The quantitative estimate of drug-likeness (QED) is 0.844. The van der Waals surface area contributed by atoms with Gasteiger partial charge in [0.2, 0.25) is 0 Å². The highest BCUT2D eigenvalue weighted by Crippen LogP contribution is 2.16. The highest BCUT2D eigenvalue weighted by atomic mass is 35.5. The maximum absolute atomic E-state index is 12.4. The Labute approximate surface area is 162 Å². The number of nitrogens with one attached hydrogen (secondary N) is 1. The number of benzene rings is 1. The van der Waals surface area contributed by atoms with Crippen LogP contribution < -0.4 is 5.32 Å². The second-order valence-corrected chi connectivity index (χ2v) is 6.73. The first-order valence-electron chi connectivity index (χ1n) is 8.93. The van der Waals surface area contributed by atoms with E-state index in [2.05, 4.69) is 15.6 Å². The summed E-state index contributed by atoms with van der Waals surface area (Å²) in [6.45, 7) is 3.70. The van der Waals surface area contributed by atoms with Crippen molar-refractivity contribution in [1.29, 1.82) is 0 Å². The predicted molar refractivity (Wildman–Crippen MR) is 99.7 cm³/mol. The summed E-state index contributed by atoms with van der Waals surface area (Å²) in [4.78, 5) is 25.8. The fourth-order valence-corrected chi connectivity index (χ4v) is 3.16. The van der Waals surface area contributed by atoms with Crippen LogP contribution in [0.4, 0.5) is 4.79 Å². The monoisotopic (exact) mass is 391 g/mol. The van der Waals surface area contributed by atoms with Crippen LogP contribution in [0, 0.1) is 0 Å². The molecule has 0 bridgehead atoms. The van der Waals surface area contributed by atoms with Gasteiger partial charge in [-0.05, 0) is 31.4 Å². The van der Waals surface area contributed by atoms with Crippen molar-refractivity contribution in [3.05, 3.63) is 46.7 Å². The van der Waals surface area contributed by atoms with Gasteiger partial charge in [-0.25, -0.2) is 9.48 Å². The zero-order valence-electron chi connectivity index (χ0n) is 15.1. The van der Waals surface area contributed by atoms with Gasteiger partial charge in [-0.1, -0.05) is 35.0 Å². The number of ether oxygens (including phenoxy) is 1. The van der Waals surface area contributed by atoms with Gasteiger partial charge in [-0.3, -0.25) is 4.79 Å². The SMILES string of the molecule is CCOC(=O)N1CCC(NC(=O)c2cn(Cc3ccccc3Cl)nn2)CC1. The minimum atomic E-state index is -0.301. The van der Waals surface area contributed by atoms with Gasteiger partial charge in [0.1, 0.15) is 0 Å². The van der Waals surface area contributed by atoms with E-state index < -0.39 is 0 Å². The van der Waals surface area contributed by atoms with Crippen LogP contribution in [0.3, 0.4) is 0 Å². The number of aromatic nitrogens is 3. The number of piperidine rings is 1. The summed E-state index contributed by atoms with van der Waals surface area (Å²) in [5, 5.41) is 11.5. The molecule has 0 radical (unpaired) electrons. The maximum Gasteiger partial charge on any atom is 0.409 e. The van der Waals surface area contributed by atoms with Crippen LogP contribution in [0.1, 0.15) is 35.8 Å². The van der Waals surface area contributed by atoms with E-state index in [4.69, 9.17) is 16.3 Å². The van der Waals surface area contributed by atoms with Crippen molar-refractivity contribution in [3.63, 3.8) is 0 Å². The van der Waals surface area contributed by atoms with Crippen molar-refractivity contribution in [3.8, 4) is 0 Å². The average molecular weight is 392 g/mol. The third kappa shape index (κ3) is 4.97. The van der Waals surface area contributed by atoms with Crippen molar-refractivity contribution in [2.45, 2.75) is 32.4 Å². The number of rotatable bonds is 5. The number of likely N-dealkylation sites (tertiary alicyclic amines) is 1. The molecule has 3 rings (SSSR count). The number of carbonyl (C=O) groups is 2. The first kappa shape index (κ1) is 19.2. The zero-order valence-corrected chi connectivity index (χ0v) is 15.9. The van der Waals surface area contributed by atoms with Gasteiger partial charge in [0.25, 0.3) is 5.91 Å². The zero-order chi connectivity index (χ0) is 19.2. The molecule has 0 saturated carbocycles. The summed E-state index contributed by atoms with van der Waals surface area (Å²) < 4.78 is 6.58. The number of halogens is 1. The molecular weight excluding hydrogens is 370 g/mol. The Hall–Kier alpha value is -2.61. The predicted octanol–water partition coefficient (Wildman–Crippen LogP) is 2.33. The Bertz CT molecular complexity index is 802. The third-order valence-electron chi connectivity index (χ3n) is 4.42. The summed E-state index contributed by atoms with van der Waals surface area (Å²) in [5.41, 5.74) is 1.16. The van der Waals surface area contributed by atoms with Crippen molar-refractivity contribution in [2.24, 2.45) is 0 Å². The van der Waals surface area contributed by atoms with Crippen LogP contribution in [-0.4, -0.2) is 57.6 Å². The highest BCUT2D eigenvalue weighted by molar-refractivity contribution is 6.31. The molecule has 144 valence electrons. The number of hydrogen-bond acceptors (Lipinski definition) is 5. The van der Waals surface area contributed by atoms with Gasteiger partial charge in [-0.15, -0.1) is 5.10 Å². The fraction of sp³-hybridized carbons (Fsp3) is 0.444. The molecule has 1 aliphatic rings. The summed E-state index contributed by atoms with van der Waals surface area (Å²) in [6, 6.07) is 7.47. The molecule has 1 N–H and O–H groups in total. The minimum absolute atomic E-state index is 0.00288. The van der Waals surface area contributed by atoms with E-state index in [9.17, 15) is 9.59 Å².